The first-order chi connectivity index (χ1) is 7.56. The Balaban J connectivity index is 2.36. The Morgan fingerprint density at radius 2 is 2.00 bits per heavy atom. The molecule has 6 heteroatoms. The second-order valence-electron chi connectivity index (χ2n) is 3.25. The van der Waals surface area contributed by atoms with Crippen molar-refractivity contribution < 1.29 is 9.59 Å². The monoisotopic (exact) mass is 237 g/mol. The minimum absolute atomic E-state index is 0.164. The fraction of sp³-hybridized carbons (Fsp3) is 0. The second-order valence-corrected chi connectivity index (χ2v) is 3.65. The molecule has 0 atom stereocenters. The van der Waals surface area contributed by atoms with Gasteiger partial charge < -0.3 is 11.1 Å². The van der Waals surface area contributed by atoms with Crippen LogP contribution in [-0.4, -0.2) is 11.9 Å². The van der Waals surface area contributed by atoms with Gasteiger partial charge in [-0.15, -0.1) is 0 Å². The smallest absolute Gasteiger partial charge is 0.326 e. The van der Waals surface area contributed by atoms with Crippen LogP contribution in [-0.2, 0) is 4.79 Å². The highest BCUT2D eigenvalue weighted by atomic mass is 35.5. The molecule has 1 heterocycles. The molecule has 1 aromatic rings. The standard InChI is InChI=1S/C10H8ClN3O2/c11-7-4-6(12)2-1-5(7)3-8-9(15)14-10(16)13-8/h1-4H,12H2,(H2,13,14,15,16). The van der Waals surface area contributed by atoms with E-state index in [4.69, 9.17) is 17.3 Å². The zero-order valence-electron chi connectivity index (χ0n) is 8.08. The van der Waals surface area contributed by atoms with Crippen molar-refractivity contribution in [2.24, 2.45) is 0 Å². The molecule has 5 nitrogen and oxygen atoms in total. The van der Waals surface area contributed by atoms with Crippen LogP contribution in [0.5, 0.6) is 0 Å². The summed E-state index contributed by atoms with van der Waals surface area (Å²) in [7, 11) is 0. The van der Waals surface area contributed by atoms with E-state index in [2.05, 4.69) is 10.6 Å². The number of carbonyl (C=O) groups is 2. The molecule has 1 aliphatic rings. The Bertz CT molecular complexity index is 511. The lowest BCUT2D eigenvalue weighted by Crippen LogP contribution is -2.22. The highest BCUT2D eigenvalue weighted by Crippen LogP contribution is 2.21. The number of imide groups is 1. The van der Waals surface area contributed by atoms with Gasteiger partial charge in [0.05, 0.1) is 0 Å². The number of nitrogens with two attached hydrogens (primary N) is 1. The van der Waals surface area contributed by atoms with Gasteiger partial charge in [-0.2, -0.15) is 0 Å². The van der Waals surface area contributed by atoms with Gasteiger partial charge in [0.25, 0.3) is 5.91 Å². The van der Waals surface area contributed by atoms with E-state index >= 15 is 0 Å². The first-order valence-electron chi connectivity index (χ1n) is 4.45. The van der Waals surface area contributed by atoms with Gasteiger partial charge >= 0.3 is 6.03 Å². The average molecular weight is 238 g/mol. The van der Waals surface area contributed by atoms with Gasteiger partial charge in [0, 0.05) is 10.7 Å². The van der Waals surface area contributed by atoms with Gasteiger partial charge in [0.15, 0.2) is 0 Å². The molecule has 1 saturated heterocycles. The van der Waals surface area contributed by atoms with E-state index in [-0.39, 0.29) is 5.70 Å². The van der Waals surface area contributed by atoms with E-state index in [1.807, 2.05) is 0 Å². The van der Waals surface area contributed by atoms with Crippen molar-refractivity contribution in [2.45, 2.75) is 0 Å². The zero-order valence-corrected chi connectivity index (χ0v) is 8.84. The fourth-order valence-electron chi connectivity index (χ4n) is 1.30. The maximum atomic E-state index is 11.2. The van der Waals surface area contributed by atoms with Crippen LogP contribution in [0.4, 0.5) is 10.5 Å². The van der Waals surface area contributed by atoms with Gasteiger partial charge in [0.1, 0.15) is 5.70 Å². The topological polar surface area (TPSA) is 84.2 Å². The normalized spacial score (nSPS) is 17.4. The number of rotatable bonds is 1. The summed E-state index contributed by atoms with van der Waals surface area (Å²) in [6.45, 7) is 0. The van der Waals surface area contributed by atoms with Crippen LogP contribution in [0.25, 0.3) is 6.08 Å². The molecule has 0 spiro atoms. The average Bonchev–Trinajstić information content (AvgIpc) is 2.50. The van der Waals surface area contributed by atoms with Crippen LogP contribution in [0.3, 0.4) is 0 Å². The summed E-state index contributed by atoms with van der Waals surface area (Å²) in [6, 6.07) is 4.36. The predicted octanol–water partition coefficient (Wildman–Crippen LogP) is 1.10. The Morgan fingerprint density at radius 3 is 2.56 bits per heavy atom. The maximum absolute atomic E-state index is 11.2. The van der Waals surface area contributed by atoms with Crippen molar-refractivity contribution in [1.82, 2.24) is 10.6 Å². The third-order valence-corrected chi connectivity index (χ3v) is 2.37. The number of anilines is 1. The molecular formula is C10H8ClN3O2. The quantitative estimate of drug-likeness (QED) is 0.389. The van der Waals surface area contributed by atoms with Gasteiger partial charge in [-0.1, -0.05) is 17.7 Å². The largest absolute Gasteiger partial charge is 0.399 e. The molecule has 1 aliphatic heterocycles. The van der Waals surface area contributed by atoms with E-state index in [0.717, 1.165) is 0 Å². The number of nitrogens with one attached hydrogen (secondary N) is 2. The maximum Gasteiger partial charge on any atom is 0.326 e. The van der Waals surface area contributed by atoms with Gasteiger partial charge in [-0.05, 0) is 23.8 Å². The lowest BCUT2D eigenvalue weighted by atomic mass is 10.1. The van der Waals surface area contributed by atoms with Crippen molar-refractivity contribution in [1.29, 1.82) is 0 Å². The lowest BCUT2D eigenvalue weighted by Gasteiger charge is -2.00. The third kappa shape index (κ3) is 1.99. The SMILES string of the molecule is Nc1ccc(C=C2NC(=O)NC2=O)c(Cl)c1. The highest BCUT2D eigenvalue weighted by molar-refractivity contribution is 6.32. The summed E-state index contributed by atoms with van der Waals surface area (Å²) in [6.07, 6.45) is 1.49. The molecule has 0 unspecified atom stereocenters. The summed E-state index contributed by atoms with van der Waals surface area (Å²) in [5.41, 5.74) is 6.84. The Labute approximate surface area is 96.3 Å². The van der Waals surface area contributed by atoms with Crippen LogP contribution in [0.15, 0.2) is 23.9 Å². The van der Waals surface area contributed by atoms with Crippen molar-refractivity contribution in [2.75, 3.05) is 5.73 Å². The number of hydrogen-bond acceptors (Lipinski definition) is 3. The lowest BCUT2D eigenvalue weighted by molar-refractivity contribution is -0.115. The molecular weight excluding hydrogens is 230 g/mol. The second kappa shape index (κ2) is 3.86. The first-order valence-corrected chi connectivity index (χ1v) is 4.83. The number of urea groups is 1. The van der Waals surface area contributed by atoms with Gasteiger partial charge in [-0.3, -0.25) is 10.1 Å². The first kappa shape index (κ1) is 10.5. The summed E-state index contributed by atoms with van der Waals surface area (Å²) in [4.78, 5) is 22.1. The van der Waals surface area contributed by atoms with Crippen molar-refractivity contribution in [3.05, 3.63) is 34.5 Å². The molecule has 4 N–H and O–H groups in total. The molecule has 2 rings (SSSR count). The summed E-state index contributed by atoms with van der Waals surface area (Å²) >= 11 is 5.92. The third-order valence-electron chi connectivity index (χ3n) is 2.04. The summed E-state index contributed by atoms with van der Waals surface area (Å²) < 4.78 is 0. The molecule has 0 saturated carbocycles. The van der Waals surface area contributed by atoms with Crippen molar-refractivity contribution in [3.63, 3.8) is 0 Å². The summed E-state index contributed by atoms with van der Waals surface area (Å²) in [5.74, 6) is -0.474. The highest BCUT2D eigenvalue weighted by Gasteiger charge is 2.22. The van der Waals surface area contributed by atoms with Crippen molar-refractivity contribution in [3.8, 4) is 0 Å². The molecule has 0 bridgehead atoms. The molecule has 16 heavy (non-hydrogen) atoms. The minimum Gasteiger partial charge on any atom is -0.399 e. The van der Waals surface area contributed by atoms with Gasteiger partial charge in [0.2, 0.25) is 0 Å². The Kier molecular flexibility index (Phi) is 2.54. The number of amides is 3. The molecule has 1 aromatic carbocycles. The van der Waals surface area contributed by atoms with E-state index < -0.39 is 11.9 Å². The molecule has 82 valence electrons. The zero-order chi connectivity index (χ0) is 11.7. The number of nitrogen functional groups attached to an aromatic ring is 1. The van der Waals surface area contributed by atoms with Crippen LogP contribution in [0.2, 0.25) is 5.02 Å². The van der Waals surface area contributed by atoms with Crippen LogP contribution in [0.1, 0.15) is 5.56 Å². The molecule has 1 fully saturated rings. The van der Waals surface area contributed by atoms with Crippen LogP contribution >= 0.6 is 11.6 Å². The van der Waals surface area contributed by atoms with Crippen molar-refractivity contribution >= 4 is 35.3 Å². The number of hydrogen-bond donors (Lipinski definition) is 3. The van der Waals surface area contributed by atoms with E-state index in [1.165, 1.54) is 6.08 Å². The number of halogens is 1. The van der Waals surface area contributed by atoms with Crippen LogP contribution in [0, 0.1) is 0 Å². The van der Waals surface area contributed by atoms with E-state index in [1.54, 1.807) is 18.2 Å². The van der Waals surface area contributed by atoms with Crippen LogP contribution < -0.4 is 16.4 Å². The molecule has 0 radical (unpaired) electrons. The molecule has 3 amide bonds. The number of benzene rings is 1. The molecule has 0 aliphatic carbocycles. The fourth-order valence-corrected chi connectivity index (χ4v) is 1.54. The molecule has 0 aromatic heterocycles. The predicted molar refractivity (Wildman–Crippen MR) is 60.5 cm³/mol. The Hall–Kier alpha value is -2.01. The summed E-state index contributed by atoms with van der Waals surface area (Å²) in [5, 5.41) is 4.88. The Morgan fingerprint density at radius 1 is 1.25 bits per heavy atom. The van der Waals surface area contributed by atoms with E-state index in [0.29, 0.717) is 16.3 Å². The van der Waals surface area contributed by atoms with Gasteiger partial charge in [-0.25, -0.2) is 4.79 Å². The number of carbonyl (C=O) groups excluding carboxylic acids is 2. The van der Waals surface area contributed by atoms with E-state index in [9.17, 15) is 9.59 Å². The minimum atomic E-state index is -0.539.